The minimum atomic E-state index is -3.63. The molecule has 0 saturated carbocycles. The van der Waals surface area contributed by atoms with E-state index < -0.39 is 10.0 Å². The van der Waals surface area contributed by atoms with E-state index in [4.69, 9.17) is 4.84 Å². The summed E-state index contributed by atoms with van der Waals surface area (Å²) in [7, 11) is -3.63. The zero-order valence-electron chi connectivity index (χ0n) is 17.0. The van der Waals surface area contributed by atoms with Gasteiger partial charge in [-0.15, -0.1) is 5.10 Å². The fraction of sp³-hybridized carbons (Fsp3) is 0.350. The molecule has 3 rings (SSSR count). The van der Waals surface area contributed by atoms with Crippen molar-refractivity contribution >= 4 is 27.0 Å². The van der Waals surface area contributed by atoms with Gasteiger partial charge >= 0.3 is 0 Å². The number of nitrogens with one attached hydrogen (secondary N) is 1. The summed E-state index contributed by atoms with van der Waals surface area (Å²) < 4.78 is 26.9. The Hall–Kier alpha value is -2.98. The van der Waals surface area contributed by atoms with Gasteiger partial charge in [-0.1, -0.05) is 49.0 Å². The third kappa shape index (κ3) is 4.95. The van der Waals surface area contributed by atoms with Crippen LogP contribution in [0, 0.1) is 0 Å². The molecule has 0 fully saturated rings. The van der Waals surface area contributed by atoms with E-state index in [1.807, 2.05) is 30.3 Å². The van der Waals surface area contributed by atoms with Gasteiger partial charge in [0.2, 0.25) is 10.0 Å². The minimum absolute atomic E-state index is 0.123. The maximum absolute atomic E-state index is 12.7. The molecule has 0 aliphatic rings. The molecule has 0 aliphatic carbocycles. The lowest BCUT2D eigenvalue weighted by molar-refractivity contribution is -0.126. The SMILES string of the molecule is CCN(CC)S(=O)(=O)c1ccc2nnn(OCC(=O)NCCc3ccccc3)c2c1. The molecule has 1 amide bonds. The molecule has 3 aromatic rings. The molecule has 1 heterocycles. The van der Waals surface area contributed by atoms with E-state index in [0.717, 1.165) is 10.4 Å². The smallest absolute Gasteiger partial charge is 0.260 e. The lowest BCUT2D eigenvalue weighted by Crippen LogP contribution is -2.33. The number of aromatic nitrogens is 3. The predicted octanol–water partition coefficient (Wildman–Crippen LogP) is 1.25. The summed E-state index contributed by atoms with van der Waals surface area (Å²) in [5.41, 5.74) is 1.97. The standard InChI is InChI=1S/C20H25N5O4S/c1-3-24(4-2)30(27,28)17-10-11-18-19(14-17)25(23-22-18)29-15-20(26)21-13-12-16-8-6-5-7-9-16/h5-11,14H,3-4,12-13,15H2,1-2H3,(H,21,26). The highest BCUT2D eigenvalue weighted by Crippen LogP contribution is 2.20. The normalized spacial score (nSPS) is 11.7. The molecule has 2 aromatic carbocycles. The second kappa shape index (κ2) is 9.68. The van der Waals surface area contributed by atoms with Crippen LogP contribution < -0.4 is 10.2 Å². The Bertz CT molecular complexity index is 1090. The van der Waals surface area contributed by atoms with E-state index in [0.29, 0.717) is 37.1 Å². The second-order valence-electron chi connectivity index (χ2n) is 6.56. The summed E-state index contributed by atoms with van der Waals surface area (Å²) in [4.78, 5) is 18.7. The van der Waals surface area contributed by atoms with Gasteiger partial charge in [0, 0.05) is 19.6 Å². The van der Waals surface area contributed by atoms with Crippen LogP contribution in [0.2, 0.25) is 0 Å². The number of benzene rings is 2. The Morgan fingerprint density at radius 1 is 1.13 bits per heavy atom. The van der Waals surface area contributed by atoms with Crippen molar-refractivity contribution in [2.75, 3.05) is 26.2 Å². The number of amides is 1. The Balaban J connectivity index is 1.64. The summed E-state index contributed by atoms with van der Waals surface area (Å²) in [6.07, 6.45) is 0.714. The molecular formula is C20H25N5O4S. The first-order chi connectivity index (χ1) is 14.5. The van der Waals surface area contributed by atoms with Crippen molar-refractivity contribution < 1.29 is 18.0 Å². The molecule has 1 aromatic heterocycles. The van der Waals surface area contributed by atoms with Crippen LogP contribution in [0.25, 0.3) is 11.0 Å². The zero-order chi connectivity index (χ0) is 21.6. The van der Waals surface area contributed by atoms with Crippen LogP contribution in [0.4, 0.5) is 0 Å². The fourth-order valence-electron chi connectivity index (χ4n) is 3.01. The van der Waals surface area contributed by atoms with Crippen LogP contribution in [0.1, 0.15) is 19.4 Å². The molecule has 0 radical (unpaired) electrons. The van der Waals surface area contributed by atoms with Crippen LogP contribution in [0.5, 0.6) is 0 Å². The molecule has 0 unspecified atom stereocenters. The van der Waals surface area contributed by atoms with E-state index in [-0.39, 0.29) is 17.4 Å². The molecule has 0 spiro atoms. The van der Waals surface area contributed by atoms with Crippen molar-refractivity contribution in [3.63, 3.8) is 0 Å². The number of rotatable bonds is 10. The first kappa shape index (κ1) is 21.7. The number of carbonyl (C=O) groups is 1. The van der Waals surface area contributed by atoms with E-state index >= 15 is 0 Å². The topological polar surface area (TPSA) is 106 Å². The maximum atomic E-state index is 12.7. The highest BCUT2D eigenvalue weighted by Gasteiger charge is 2.23. The van der Waals surface area contributed by atoms with Gasteiger partial charge in [-0.3, -0.25) is 4.79 Å². The fourth-order valence-corrected chi connectivity index (χ4v) is 4.49. The van der Waals surface area contributed by atoms with Gasteiger partial charge in [0.1, 0.15) is 11.0 Å². The van der Waals surface area contributed by atoms with Crippen molar-refractivity contribution in [3.8, 4) is 0 Å². The van der Waals surface area contributed by atoms with Crippen molar-refractivity contribution in [2.45, 2.75) is 25.2 Å². The van der Waals surface area contributed by atoms with Gasteiger partial charge in [0.25, 0.3) is 5.91 Å². The van der Waals surface area contributed by atoms with Crippen LogP contribution in [0.15, 0.2) is 53.4 Å². The highest BCUT2D eigenvalue weighted by molar-refractivity contribution is 7.89. The van der Waals surface area contributed by atoms with Crippen LogP contribution >= 0.6 is 0 Å². The highest BCUT2D eigenvalue weighted by atomic mass is 32.2. The number of fused-ring (bicyclic) bond motifs is 1. The van der Waals surface area contributed by atoms with Gasteiger partial charge in [0.05, 0.1) is 4.90 Å². The molecule has 9 nitrogen and oxygen atoms in total. The first-order valence-corrected chi connectivity index (χ1v) is 11.2. The summed E-state index contributed by atoms with van der Waals surface area (Å²) >= 11 is 0. The summed E-state index contributed by atoms with van der Waals surface area (Å²) in [6.45, 7) is 4.52. The monoisotopic (exact) mass is 431 g/mol. The van der Waals surface area contributed by atoms with Crippen LogP contribution in [0.3, 0.4) is 0 Å². The third-order valence-electron chi connectivity index (χ3n) is 4.63. The van der Waals surface area contributed by atoms with Crippen molar-refractivity contribution in [1.29, 1.82) is 0 Å². The van der Waals surface area contributed by atoms with E-state index in [1.165, 1.54) is 16.4 Å². The van der Waals surface area contributed by atoms with Gasteiger partial charge in [-0.2, -0.15) is 4.31 Å². The van der Waals surface area contributed by atoms with Crippen LogP contribution in [-0.4, -0.2) is 60.0 Å². The predicted molar refractivity (Wildman–Crippen MR) is 112 cm³/mol. The average molecular weight is 432 g/mol. The molecule has 10 heteroatoms. The molecule has 0 saturated heterocycles. The quantitative estimate of drug-likeness (QED) is 0.518. The summed E-state index contributed by atoms with van der Waals surface area (Å²) in [6, 6.07) is 14.3. The number of sulfonamides is 1. The maximum Gasteiger partial charge on any atom is 0.260 e. The molecular weight excluding hydrogens is 406 g/mol. The van der Waals surface area contributed by atoms with Crippen molar-refractivity contribution in [3.05, 3.63) is 54.1 Å². The Kier molecular flexibility index (Phi) is 7.01. The number of hydrogen-bond acceptors (Lipinski definition) is 6. The second-order valence-corrected chi connectivity index (χ2v) is 8.50. The van der Waals surface area contributed by atoms with E-state index in [1.54, 1.807) is 19.9 Å². The molecule has 1 N–H and O–H groups in total. The largest absolute Gasteiger partial charge is 0.385 e. The molecule has 160 valence electrons. The van der Waals surface area contributed by atoms with E-state index in [2.05, 4.69) is 15.6 Å². The Morgan fingerprint density at radius 3 is 2.57 bits per heavy atom. The van der Waals surface area contributed by atoms with Crippen molar-refractivity contribution in [2.24, 2.45) is 0 Å². The molecule has 0 aliphatic heterocycles. The summed E-state index contributed by atoms with van der Waals surface area (Å²) in [5, 5.41) is 10.6. The lowest BCUT2D eigenvalue weighted by Gasteiger charge is -2.18. The zero-order valence-corrected chi connectivity index (χ0v) is 17.8. The third-order valence-corrected chi connectivity index (χ3v) is 6.67. The van der Waals surface area contributed by atoms with Crippen LogP contribution in [-0.2, 0) is 21.2 Å². The minimum Gasteiger partial charge on any atom is -0.385 e. The number of hydrogen-bond donors (Lipinski definition) is 1. The van der Waals surface area contributed by atoms with Gasteiger partial charge in [-0.25, -0.2) is 8.42 Å². The average Bonchev–Trinajstić information content (AvgIpc) is 3.16. The number of carbonyl (C=O) groups excluding carboxylic acids is 1. The van der Waals surface area contributed by atoms with Crippen molar-refractivity contribution in [1.82, 2.24) is 24.8 Å². The van der Waals surface area contributed by atoms with E-state index in [9.17, 15) is 13.2 Å². The number of nitrogens with zero attached hydrogens (tertiary/aromatic N) is 4. The summed E-state index contributed by atoms with van der Waals surface area (Å²) in [5.74, 6) is -0.304. The van der Waals surface area contributed by atoms with Gasteiger partial charge in [-0.05, 0) is 35.4 Å². The first-order valence-electron chi connectivity index (χ1n) is 9.75. The van der Waals surface area contributed by atoms with Gasteiger partial charge < -0.3 is 10.2 Å². The molecule has 0 bridgehead atoms. The Morgan fingerprint density at radius 2 is 1.87 bits per heavy atom. The molecule has 0 atom stereocenters. The lowest BCUT2D eigenvalue weighted by atomic mass is 10.1. The van der Waals surface area contributed by atoms with Gasteiger partial charge in [0.15, 0.2) is 6.61 Å². The molecule has 30 heavy (non-hydrogen) atoms. The Labute approximate surface area is 175 Å².